The van der Waals surface area contributed by atoms with Crippen LogP contribution in [0.25, 0.3) is 0 Å². The molecule has 178 valence electrons. The van der Waals surface area contributed by atoms with E-state index in [-0.39, 0.29) is 0 Å². The summed E-state index contributed by atoms with van der Waals surface area (Å²) in [5, 5.41) is 0. The maximum Gasteiger partial charge on any atom is 0.188 e. The van der Waals surface area contributed by atoms with Gasteiger partial charge in [0.15, 0.2) is 6.79 Å². The minimum absolute atomic E-state index is 0.290. The molecule has 3 heteroatoms. The highest BCUT2D eigenvalue weighted by molar-refractivity contribution is 5.27. The Morgan fingerprint density at radius 1 is 0.677 bits per heavy atom. The van der Waals surface area contributed by atoms with Crippen molar-refractivity contribution < 1.29 is 14.2 Å². The molecule has 3 nitrogen and oxygen atoms in total. The fourth-order valence-corrected chi connectivity index (χ4v) is 3.62. The molecule has 0 aliphatic carbocycles. The van der Waals surface area contributed by atoms with Crippen LogP contribution in [0, 0.1) is 0 Å². The summed E-state index contributed by atoms with van der Waals surface area (Å²) < 4.78 is 16.1. The van der Waals surface area contributed by atoms with Crippen LogP contribution in [0.3, 0.4) is 0 Å². The first-order valence-electron chi connectivity index (χ1n) is 12.8. The average molecular weight is 433 g/mol. The predicted octanol–water partition coefficient (Wildman–Crippen LogP) is 8.27. The van der Waals surface area contributed by atoms with Gasteiger partial charge in [0, 0.05) is 13.7 Å². The molecule has 0 aromatic heterocycles. The van der Waals surface area contributed by atoms with Crippen LogP contribution in [0.1, 0.15) is 102 Å². The highest BCUT2D eigenvalue weighted by Crippen LogP contribution is 2.13. The van der Waals surface area contributed by atoms with Crippen molar-refractivity contribution in [3.8, 4) is 5.75 Å². The lowest BCUT2D eigenvalue weighted by molar-refractivity contribution is 0.0511. The van der Waals surface area contributed by atoms with E-state index in [0.29, 0.717) is 6.79 Å². The van der Waals surface area contributed by atoms with E-state index in [1.54, 1.807) is 7.11 Å². The molecule has 0 heterocycles. The van der Waals surface area contributed by atoms with Crippen LogP contribution in [0.2, 0.25) is 0 Å². The molecule has 0 atom stereocenters. The summed E-state index contributed by atoms with van der Waals surface area (Å²) in [4.78, 5) is 0. The third kappa shape index (κ3) is 18.0. The zero-order chi connectivity index (χ0) is 22.2. The lowest BCUT2D eigenvalue weighted by Gasteiger charge is -2.07. The van der Waals surface area contributed by atoms with Crippen LogP contribution >= 0.6 is 0 Å². The normalized spacial score (nSPS) is 11.4. The van der Waals surface area contributed by atoms with E-state index >= 15 is 0 Å². The molecule has 0 amide bonds. The van der Waals surface area contributed by atoms with Crippen molar-refractivity contribution >= 4 is 0 Å². The molecular formula is C28H48O3. The Kier molecular flexibility index (Phi) is 19.6. The molecule has 0 bridgehead atoms. The van der Waals surface area contributed by atoms with Crippen molar-refractivity contribution in [3.63, 3.8) is 0 Å². The van der Waals surface area contributed by atoms with Crippen molar-refractivity contribution in [3.05, 3.63) is 42.0 Å². The standard InChI is InChI=1S/C28H48O3/c1-3-4-5-6-7-8-9-10-11-12-13-14-15-16-17-18-24-30-25-23-27-19-21-28(22-20-27)31-26-29-2/h10-11,19-22H,3-9,12-18,23-26H2,1-2H3. The number of hydrogen-bond acceptors (Lipinski definition) is 3. The van der Waals surface area contributed by atoms with Crippen molar-refractivity contribution in [2.75, 3.05) is 27.1 Å². The second kappa shape index (κ2) is 21.9. The van der Waals surface area contributed by atoms with E-state index in [1.807, 2.05) is 12.1 Å². The Morgan fingerprint density at radius 2 is 1.26 bits per heavy atom. The summed E-state index contributed by atoms with van der Waals surface area (Å²) >= 11 is 0. The monoisotopic (exact) mass is 432 g/mol. The number of methoxy groups -OCH3 is 1. The van der Waals surface area contributed by atoms with E-state index in [2.05, 4.69) is 31.2 Å². The topological polar surface area (TPSA) is 27.7 Å². The molecule has 31 heavy (non-hydrogen) atoms. The summed E-state index contributed by atoms with van der Waals surface area (Å²) in [6, 6.07) is 8.16. The number of ether oxygens (including phenoxy) is 3. The summed E-state index contributed by atoms with van der Waals surface area (Å²) in [6.45, 7) is 4.25. The van der Waals surface area contributed by atoms with Crippen LogP contribution < -0.4 is 4.74 Å². The first kappa shape index (κ1) is 27.7. The summed E-state index contributed by atoms with van der Waals surface area (Å²) in [7, 11) is 1.63. The van der Waals surface area contributed by atoms with Crippen molar-refractivity contribution in [2.45, 2.75) is 103 Å². The second-order valence-corrected chi connectivity index (χ2v) is 8.50. The predicted molar refractivity (Wildman–Crippen MR) is 133 cm³/mol. The van der Waals surface area contributed by atoms with Crippen LogP contribution in [0.15, 0.2) is 36.4 Å². The molecule has 0 aliphatic rings. The van der Waals surface area contributed by atoms with Crippen molar-refractivity contribution in [2.24, 2.45) is 0 Å². The molecule has 0 unspecified atom stereocenters. The van der Waals surface area contributed by atoms with Gasteiger partial charge in [0.1, 0.15) is 5.75 Å². The minimum Gasteiger partial charge on any atom is -0.468 e. The lowest BCUT2D eigenvalue weighted by atomic mass is 10.1. The maximum absolute atomic E-state index is 5.79. The van der Waals surface area contributed by atoms with E-state index in [9.17, 15) is 0 Å². The fraction of sp³-hybridized carbons (Fsp3) is 0.714. The Morgan fingerprint density at radius 3 is 1.87 bits per heavy atom. The highest BCUT2D eigenvalue weighted by atomic mass is 16.7. The molecule has 1 aromatic rings. The molecule has 0 saturated carbocycles. The number of allylic oxidation sites excluding steroid dienone is 2. The van der Waals surface area contributed by atoms with Crippen molar-refractivity contribution in [1.29, 1.82) is 0 Å². The van der Waals surface area contributed by atoms with Gasteiger partial charge < -0.3 is 14.2 Å². The Hall–Kier alpha value is -1.32. The highest BCUT2D eigenvalue weighted by Gasteiger charge is 1.97. The van der Waals surface area contributed by atoms with E-state index < -0.39 is 0 Å². The van der Waals surface area contributed by atoms with E-state index in [4.69, 9.17) is 14.2 Å². The average Bonchev–Trinajstić information content (AvgIpc) is 2.80. The van der Waals surface area contributed by atoms with Crippen LogP contribution in [0.4, 0.5) is 0 Å². The minimum atomic E-state index is 0.290. The number of unbranched alkanes of at least 4 members (excludes halogenated alkanes) is 12. The van der Waals surface area contributed by atoms with Gasteiger partial charge in [0.25, 0.3) is 0 Å². The molecule has 0 fully saturated rings. The van der Waals surface area contributed by atoms with Gasteiger partial charge in [-0.15, -0.1) is 0 Å². The van der Waals surface area contributed by atoms with Gasteiger partial charge in [-0.1, -0.05) is 89.0 Å². The van der Waals surface area contributed by atoms with Crippen LogP contribution in [0.5, 0.6) is 5.75 Å². The van der Waals surface area contributed by atoms with Crippen LogP contribution in [-0.4, -0.2) is 27.1 Å². The Bertz CT molecular complexity index is 509. The Balaban J connectivity index is 1.80. The van der Waals surface area contributed by atoms with Crippen molar-refractivity contribution in [1.82, 2.24) is 0 Å². The molecule has 0 N–H and O–H groups in total. The third-order valence-electron chi connectivity index (χ3n) is 5.60. The van der Waals surface area contributed by atoms with Gasteiger partial charge in [-0.3, -0.25) is 0 Å². The summed E-state index contributed by atoms with van der Waals surface area (Å²) in [6.07, 6.45) is 24.6. The Labute approximate surface area is 192 Å². The number of benzene rings is 1. The molecule has 1 aromatic carbocycles. The van der Waals surface area contributed by atoms with E-state index in [0.717, 1.165) is 25.4 Å². The smallest absolute Gasteiger partial charge is 0.188 e. The van der Waals surface area contributed by atoms with Gasteiger partial charge in [-0.05, 0) is 56.2 Å². The molecule has 1 rings (SSSR count). The molecular weight excluding hydrogens is 384 g/mol. The fourth-order valence-electron chi connectivity index (χ4n) is 3.62. The number of rotatable bonds is 22. The van der Waals surface area contributed by atoms with Crippen LogP contribution in [-0.2, 0) is 15.9 Å². The zero-order valence-corrected chi connectivity index (χ0v) is 20.4. The van der Waals surface area contributed by atoms with Gasteiger partial charge in [0.05, 0.1) is 6.61 Å². The second-order valence-electron chi connectivity index (χ2n) is 8.50. The molecule has 0 spiro atoms. The first-order valence-corrected chi connectivity index (χ1v) is 12.8. The maximum atomic E-state index is 5.79. The van der Waals surface area contributed by atoms with E-state index in [1.165, 1.54) is 95.5 Å². The first-order chi connectivity index (χ1) is 15.4. The number of hydrogen-bond donors (Lipinski definition) is 0. The van der Waals surface area contributed by atoms with Gasteiger partial charge in [-0.25, -0.2) is 0 Å². The quantitative estimate of drug-likeness (QED) is 0.105. The molecule has 0 radical (unpaired) electrons. The molecule has 0 saturated heterocycles. The molecule has 0 aliphatic heterocycles. The SMILES string of the molecule is CCCCCCCCC=CCCCCCCCCOCCc1ccc(OCOC)cc1. The third-order valence-corrected chi connectivity index (χ3v) is 5.60. The summed E-state index contributed by atoms with van der Waals surface area (Å²) in [5.41, 5.74) is 1.28. The lowest BCUT2D eigenvalue weighted by Crippen LogP contribution is -2.01. The van der Waals surface area contributed by atoms with Gasteiger partial charge in [0.2, 0.25) is 0 Å². The van der Waals surface area contributed by atoms with Gasteiger partial charge in [-0.2, -0.15) is 0 Å². The zero-order valence-electron chi connectivity index (χ0n) is 20.4. The van der Waals surface area contributed by atoms with Gasteiger partial charge >= 0.3 is 0 Å². The largest absolute Gasteiger partial charge is 0.468 e. The summed E-state index contributed by atoms with van der Waals surface area (Å²) in [5.74, 6) is 0.843.